The van der Waals surface area contributed by atoms with Crippen molar-refractivity contribution in [2.45, 2.75) is 25.9 Å². The standard InChI is InChI=1S/C9H23N3S.C2H2/c1-4-11-8(2)5-12-9(7-13)6-10-3;1-2/h8-13H,4-7H2,1-3H3;1-2H. The van der Waals surface area contributed by atoms with E-state index in [2.05, 4.69) is 55.3 Å². The van der Waals surface area contributed by atoms with Crippen molar-refractivity contribution in [2.24, 2.45) is 0 Å². The Bertz CT molecular complexity index is 139. The van der Waals surface area contributed by atoms with Crippen LogP contribution in [0.1, 0.15) is 13.8 Å². The minimum Gasteiger partial charge on any atom is -0.318 e. The molecule has 0 heterocycles. The van der Waals surface area contributed by atoms with Gasteiger partial charge in [0.15, 0.2) is 0 Å². The van der Waals surface area contributed by atoms with Crippen molar-refractivity contribution in [3.63, 3.8) is 0 Å². The van der Waals surface area contributed by atoms with Crippen molar-refractivity contribution < 1.29 is 0 Å². The summed E-state index contributed by atoms with van der Waals surface area (Å²) >= 11 is 4.28. The van der Waals surface area contributed by atoms with Crippen molar-refractivity contribution in [3.05, 3.63) is 0 Å². The second kappa shape index (κ2) is 13.8. The predicted octanol–water partition coefficient (Wildman–Crippen LogP) is 0.341. The Morgan fingerprint density at radius 1 is 1.20 bits per heavy atom. The summed E-state index contributed by atoms with van der Waals surface area (Å²) in [6.07, 6.45) is 8.00. The van der Waals surface area contributed by atoms with Gasteiger partial charge in [-0.3, -0.25) is 0 Å². The molecule has 0 rings (SSSR count). The fraction of sp³-hybridized carbons (Fsp3) is 0.818. The summed E-state index contributed by atoms with van der Waals surface area (Å²) in [7, 11) is 1.96. The molecular formula is C11H25N3S. The Morgan fingerprint density at radius 2 is 1.80 bits per heavy atom. The summed E-state index contributed by atoms with van der Waals surface area (Å²) < 4.78 is 0. The van der Waals surface area contributed by atoms with Gasteiger partial charge >= 0.3 is 0 Å². The van der Waals surface area contributed by atoms with Gasteiger partial charge in [0, 0.05) is 30.9 Å². The third kappa shape index (κ3) is 11.7. The molecule has 0 bridgehead atoms. The molecule has 0 aromatic heterocycles. The predicted molar refractivity (Wildman–Crippen MR) is 72.6 cm³/mol. The summed E-state index contributed by atoms with van der Waals surface area (Å²) in [6.45, 7) is 7.31. The van der Waals surface area contributed by atoms with Crippen LogP contribution in [0.15, 0.2) is 0 Å². The first-order valence-corrected chi connectivity index (χ1v) is 5.93. The number of likely N-dealkylation sites (N-methyl/N-ethyl adjacent to an activating group) is 2. The molecule has 90 valence electrons. The highest BCUT2D eigenvalue weighted by Gasteiger charge is 2.06. The molecule has 15 heavy (non-hydrogen) atoms. The first-order chi connectivity index (χ1) is 7.24. The molecule has 0 aliphatic rings. The molecule has 2 unspecified atom stereocenters. The fourth-order valence-electron chi connectivity index (χ4n) is 1.21. The van der Waals surface area contributed by atoms with Gasteiger partial charge in [0.05, 0.1) is 0 Å². The molecular weight excluding hydrogens is 206 g/mol. The Labute approximate surface area is 100 Å². The fourth-order valence-corrected chi connectivity index (χ4v) is 1.47. The number of thiol groups is 1. The van der Waals surface area contributed by atoms with E-state index in [9.17, 15) is 0 Å². The van der Waals surface area contributed by atoms with Crippen molar-refractivity contribution in [3.8, 4) is 12.8 Å². The van der Waals surface area contributed by atoms with Gasteiger partial charge < -0.3 is 16.0 Å². The Morgan fingerprint density at radius 3 is 2.20 bits per heavy atom. The lowest BCUT2D eigenvalue weighted by molar-refractivity contribution is 0.463. The highest BCUT2D eigenvalue weighted by molar-refractivity contribution is 7.80. The highest BCUT2D eigenvalue weighted by Crippen LogP contribution is 1.87. The molecule has 0 saturated carbocycles. The first-order valence-electron chi connectivity index (χ1n) is 5.30. The lowest BCUT2D eigenvalue weighted by atomic mass is 10.3. The number of hydrogen-bond donors (Lipinski definition) is 4. The number of rotatable bonds is 8. The van der Waals surface area contributed by atoms with E-state index in [0.29, 0.717) is 12.1 Å². The van der Waals surface area contributed by atoms with Gasteiger partial charge in [-0.25, -0.2) is 0 Å². The zero-order chi connectivity index (χ0) is 12.1. The van der Waals surface area contributed by atoms with Crippen molar-refractivity contribution in [1.82, 2.24) is 16.0 Å². The number of nitrogens with one attached hydrogen (secondary N) is 3. The average Bonchev–Trinajstić information content (AvgIpc) is 2.27. The Hall–Kier alpha value is -0.210. The van der Waals surface area contributed by atoms with E-state index in [0.717, 1.165) is 25.4 Å². The van der Waals surface area contributed by atoms with Crippen LogP contribution in [0.4, 0.5) is 0 Å². The maximum Gasteiger partial charge on any atom is 0.0281 e. The van der Waals surface area contributed by atoms with Gasteiger partial charge in [-0.05, 0) is 20.5 Å². The Balaban J connectivity index is 0. The maximum atomic E-state index is 4.28. The molecule has 0 saturated heterocycles. The van der Waals surface area contributed by atoms with E-state index < -0.39 is 0 Å². The molecule has 0 aliphatic carbocycles. The minimum absolute atomic E-state index is 0.467. The van der Waals surface area contributed by atoms with Gasteiger partial charge in [-0.15, -0.1) is 12.8 Å². The van der Waals surface area contributed by atoms with Gasteiger partial charge in [-0.2, -0.15) is 12.6 Å². The van der Waals surface area contributed by atoms with Crippen LogP contribution < -0.4 is 16.0 Å². The number of hydrogen-bond acceptors (Lipinski definition) is 4. The normalized spacial score (nSPS) is 13.7. The smallest absolute Gasteiger partial charge is 0.0281 e. The molecule has 0 aromatic rings. The van der Waals surface area contributed by atoms with Crippen LogP contribution in [-0.4, -0.2) is 44.5 Å². The van der Waals surface area contributed by atoms with E-state index in [-0.39, 0.29) is 0 Å². The third-order valence-corrected chi connectivity index (χ3v) is 2.38. The second-order valence-electron chi connectivity index (χ2n) is 3.30. The average molecular weight is 231 g/mol. The van der Waals surface area contributed by atoms with Crippen LogP contribution in [-0.2, 0) is 0 Å². The summed E-state index contributed by atoms with van der Waals surface area (Å²) in [5, 5.41) is 9.96. The summed E-state index contributed by atoms with van der Waals surface area (Å²) in [6, 6.07) is 0.999. The van der Waals surface area contributed by atoms with Gasteiger partial charge in [0.2, 0.25) is 0 Å². The van der Waals surface area contributed by atoms with Crippen molar-refractivity contribution in [1.29, 1.82) is 0 Å². The van der Waals surface area contributed by atoms with E-state index in [1.165, 1.54) is 0 Å². The van der Waals surface area contributed by atoms with Crippen LogP contribution in [0.2, 0.25) is 0 Å². The van der Waals surface area contributed by atoms with Crippen LogP contribution >= 0.6 is 12.6 Å². The van der Waals surface area contributed by atoms with Crippen molar-refractivity contribution in [2.75, 3.05) is 32.4 Å². The molecule has 0 fully saturated rings. The zero-order valence-electron chi connectivity index (χ0n) is 10.1. The molecule has 3 N–H and O–H groups in total. The summed E-state index contributed by atoms with van der Waals surface area (Å²) in [5.41, 5.74) is 0. The van der Waals surface area contributed by atoms with E-state index in [1.54, 1.807) is 0 Å². The molecule has 0 aliphatic heterocycles. The third-order valence-electron chi connectivity index (χ3n) is 1.94. The summed E-state index contributed by atoms with van der Waals surface area (Å²) in [5.74, 6) is 0.875. The molecule has 0 amide bonds. The lowest BCUT2D eigenvalue weighted by Gasteiger charge is -2.19. The highest BCUT2D eigenvalue weighted by atomic mass is 32.1. The van der Waals surface area contributed by atoms with E-state index in [4.69, 9.17) is 0 Å². The van der Waals surface area contributed by atoms with Crippen LogP contribution in [0, 0.1) is 12.8 Å². The van der Waals surface area contributed by atoms with E-state index in [1.807, 2.05) is 7.05 Å². The van der Waals surface area contributed by atoms with E-state index >= 15 is 0 Å². The van der Waals surface area contributed by atoms with Crippen LogP contribution in [0.25, 0.3) is 0 Å². The summed E-state index contributed by atoms with van der Waals surface area (Å²) in [4.78, 5) is 0. The Kier molecular flexibility index (Phi) is 15.8. The van der Waals surface area contributed by atoms with Gasteiger partial charge in [-0.1, -0.05) is 6.92 Å². The topological polar surface area (TPSA) is 36.1 Å². The molecule has 0 aromatic carbocycles. The lowest BCUT2D eigenvalue weighted by Crippen LogP contribution is -2.45. The van der Waals surface area contributed by atoms with Crippen molar-refractivity contribution >= 4 is 12.6 Å². The molecule has 0 radical (unpaired) electrons. The van der Waals surface area contributed by atoms with Gasteiger partial charge in [0.25, 0.3) is 0 Å². The minimum atomic E-state index is 0.467. The molecule has 0 spiro atoms. The monoisotopic (exact) mass is 231 g/mol. The SMILES string of the molecule is C#C.CCNC(C)CNC(CS)CNC. The molecule has 4 heteroatoms. The first kappa shape index (κ1) is 17.2. The quantitative estimate of drug-likeness (QED) is 0.359. The van der Waals surface area contributed by atoms with Crippen LogP contribution in [0.5, 0.6) is 0 Å². The maximum absolute atomic E-state index is 4.28. The number of terminal acetylenes is 1. The molecule has 2 atom stereocenters. The second-order valence-corrected chi connectivity index (χ2v) is 3.67. The zero-order valence-corrected chi connectivity index (χ0v) is 11.0. The molecule has 3 nitrogen and oxygen atoms in total. The van der Waals surface area contributed by atoms with Gasteiger partial charge in [0.1, 0.15) is 0 Å². The van der Waals surface area contributed by atoms with Crippen LogP contribution in [0.3, 0.4) is 0 Å². The largest absolute Gasteiger partial charge is 0.318 e.